The zero-order chi connectivity index (χ0) is 24.1. The second-order valence-electron chi connectivity index (χ2n) is 8.08. The monoisotopic (exact) mass is 463 g/mol. The number of fused-ring (bicyclic) bond motifs is 3. The van der Waals surface area contributed by atoms with Gasteiger partial charge >= 0.3 is 12.1 Å². The van der Waals surface area contributed by atoms with Gasteiger partial charge in [0, 0.05) is 32.0 Å². The summed E-state index contributed by atoms with van der Waals surface area (Å²) in [6.07, 6.45) is -0.283. The molecule has 0 saturated heterocycles. The number of hydrogen-bond donors (Lipinski definition) is 2. The van der Waals surface area contributed by atoms with Gasteiger partial charge in [0.25, 0.3) is 5.91 Å². The normalized spacial score (nSPS) is 12.0. The van der Waals surface area contributed by atoms with Crippen molar-refractivity contribution in [3.05, 3.63) is 77.2 Å². The summed E-state index contributed by atoms with van der Waals surface area (Å²) in [6.45, 7) is 0.492. The molecule has 1 aliphatic carbocycles. The Labute approximate surface area is 196 Å². The highest BCUT2D eigenvalue weighted by Crippen LogP contribution is 2.44. The summed E-state index contributed by atoms with van der Waals surface area (Å²) in [7, 11) is 1.56. The Bertz CT molecular complexity index is 1160. The van der Waals surface area contributed by atoms with E-state index in [-0.39, 0.29) is 43.6 Å². The summed E-state index contributed by atoms with van der Waals surface area (Å²) in [5.41, 5.74) is 4.64. The van der Waals surface area contributed by atoms with Crippen LogP contribution in [0.25, 0.3) is 11.1 Å². The number of alkyl carbamates (subject to hydrolysis) is 1. The molecule has 2 amide bonds. The first-order valence-electron chi connectivity index (χ1n) is 11.0. The summed E-state index contributed by atoms with van der Waals surface area (Å²) < 4.78 is 10.6. The lowest BCUT2D eigenvalue weighted by molar-refractivity contribution is -0.137. The molecule has 9 heteroatoms. The van der Waals surface area contributed by atoms with Crippen LogP contribution in [-0.2, 0) is 16.1 Å². The molecule has 0 spiro atoms. The standard InChI is InChI=1S/C25H25N3O6/c1-28(12-6-11-23(29)30)24(31)22-13-16(34-27-22)14-26-25(32)33-15-21-19-9-4-2-7-17(19)18-8-3-5-10-20(18)21/h2-5,7-10,13,21H,6,11-12,14-15H2,1H3,(H,26,32)(H,29,30). The number of carboxylic acid groups (broad SMARTS) is 1. The minimum atomic E-state index is -0.913. The predicted molar refractivity (Wildman–Crippen MR) is 122 cm³/mol. The van der Waals surface area contributed by atoms with E-state index >= 15 is 0 Å². The van der Waals surface area contributed by atoms with Crippen molar-refractivity contribution in [2.24, 2.45) is 0 Å². The Hall–Kier alpha value is -4.14. The van der Waals surface area contributed by atoms with Gasteiger partial charge in [-0.25, -0.2) is 4.79 Å². The van der Waals surface area contributed by atoms with Gasteiger partial charge in [-0.1, -0.05) is 53.7 Å². The molecule has 34 heavy (non-hydrogen) atoms. The van der Waals surface area contributed by atoms with E-state index in [1.54, 1.807) is 7.05 Å². The minimum absolute atomic E-state index is 0.0136. The number of aromatic nitrogens is 1. The number of amides is 2. The van der Waals surface area contributed by atoms with Crippen LogP contribution < -0.4 is 5.32 Å². The van der Waals surface area contributed by atoms with Crippen LogP contribution in [0.2, 0.25) is 0 Å². The van der Waals surface area contributed by atoms with Crippen molar-refractivity contribution in [3.8, 4) is 11.1 Å². The SMILES string of the molecule is CN(CCCC(=O)O)C(=O)c1cc(CNC(=O)OCC2c3ccccc3-c3ccccc32)on1. The fraction of sp³-hybridized carbons (Fsp3) is 0.280. The van der Waals surface area contributed by atoms with Gasteiger partial charge in [-0.2, -0.15) is 0 Å². The van der Waals surface area contributed by atoms with Crippen LogP contribution in [0.1, 0.15) is 46.1 Å². The second kappa shape index (κ2) is 10.2. The lowest BCUT2D eigenvalue weighted by atomic mass is 9.98. The van der Waals surface area contributed by atoms with Gasteiger partial charge in [0.1, 0.15) is 6.61 Å². The first kappa shape index (κ1) is 23.0. The topological polar surface area (TPSA) is 122 Å². The van der Waals surface area contributed by atoms with Crippen molar-refractivity contribution < 1.29 is 28.8 Å². The fourth-order valence-electron chi connectivity index (χ4n) is 4.07. The van der Waals surface area contributed by atoms with E-state index in [1.807, 2.05) is 36.4 Å². The minimum Gasteiger partial charge on any atom is -0.481 e. The molecule has 176 valence electrons. The molecule has 1 heterocycles. The molecule has 0 fully saturated rings. The highest BCUT2D eigenvalue weighted by molar-refractivity contribution is 5.92. The zero-order valence-corrected chi connectivity index (χ0v) is 18.7. The van der Waals surface area contributed by atoms with E-state index in [0.29, 0.717) is 12.2 Å². The predicted octanol–water partition coefficient (Wildman–Crippen LogP) is 3.65. The van der Waals surface area contributed by atoms with Crippen molar-refractivity contribution in [1.82, 2.24) is 15.4 Å². The van der Waals surface area contributed by atoms with Gasteiger partial charge in [0.2, 0.25) is 0 Å². The summed E-state index contributed by atoms with van der Waals surface area (Å²) >= 11 is 0. The maximum absolute atomic E-state index is 12.4. The summed E-state index contributed by atoms with van der Waals surface area (Å²) in [5, 5.41) is 15.1. The Morgan fingerprint density at radius 1 is 1.09 bits per heavy atom. The van der Waals surface area contributed by atoms with E-state index in [0.717, 1.165) is 22.3 Å². The quantitative estimate of drug-likeness (QED) is 0.497. The Morgan fingerprint density at radius 2 is 1.74 bits per heavy atom. The lowest BCUT2D eigenvalue weighted by Gasteiger charge is -2.14. The van der Waals surface area contributed by atoms with E-state index < -0.39 is 12.1 Å². The van der Waals surface area contributed by atoms with E-state index in [1.165, 1.54) is 11.0 Å². The van der Waals surface area contributed by atoms with Gasteiger partial charge in [-0.15, -0.1) is 0 Å². The molecule has 4 rings (SSSR count). The molecular weight excluding hydrogens is 438 g/mol. The molecule has 0 unspecified atom stereocenters. The average molecular weight is 463 g/mol. The first-order chi connectivity index (χ1) is 16.4. The number of aliphatic carboxylic acids is 1. The van der Waals surface area contributed by atoms with Gasteiger partial charge in [0.15, 0.2) is 11.5 Å². The lowest BCUT2D eigenvalue weighted by Crippen LogP contribution is -2.28. The van der Waals surface area contributed by atoms with Crippen molar-refractivity contribution in [3.63, 3.8) is 0 Å². The van der Waals surface area contributed by atoms with Gasteiger partial charge in [-0.3, -0.25) is 9.59 Å². The first-order valence-corrected chi connectivity index (χ1v) is 11.0. The number of nitrogens with zero attached hydrogens (tertiary/aromatic N) is 2. The summed E-state index contributed by atoms with van der Waals surface area (Å²) in [4.78, 5) is 36.7. The number of ether oxygens (including phenoxy) is 1. The zero-order valence-electron chi connectivity index (χ0n) is 18.7. The third-order valence-corrected chi connectivity index (χ3v) is 5.76. The van der Waals surface area contributed by atoms with Crippen LogP contribution in [0.15, 0.2) is 59.1 Å². The molecule has 2 N–H and O–H groups in total. The highest BCUT2D eigenvalue weighted by Gasteiger charge is 2.29. The second-order valence-corrected chi connectivity index (χ2v) is 8.08. The molecule has 1 aliphatic rings. The van der Waals surface area contributed by atoms with Gasteiger partial charge < -0.3 is 24.6 Å². The highest BCUT2D eigenvalue weighted by atomic mass is 16.5. The number of rotatable bonds is 9. The molecule has 3 aromatic rings. The molecule has 1 aromatic heterocycles. The van der Waals surface area contributed by atoms with Crippen LogP contribution in [0.5, 0.6) is 0 Å². The maximum Gasteiger partial charge on any atom is 0.407 e. The molecule has 9 nitrogen and oxygen atoms in total. The molecule has 0 atom stereocenters. The Balaban J connectivity index is 1.28. The average Bonchev–Trinajstić information content (AvgIpc) is 3.43. The van der Waals surface area contributed by atoms with Crippen LogP contribution >= 0.6 is 0 Å². The fourth-order valence-corrected chi connectivity index (χ4v) is 4.07. The van der Waals surface area contributed by atoms with Gasteiger partial charge in [0.05, 0.1) is 6.54 Å². The summed E-state index contributed by atoms with van der Waals surface area (Å²) in [6, 6.07) is 17.6. The van der Waals surface area contributed by atoms with Crippen molar-refractivity contribution in [2.75, 3.05) is 20.2 Å². The molecule has 0 bridgehead atoms. The molecule has 0 aliphatic heterocycles. The van der Waals surface area contributed by atoms with E-state index in [2.05, 4.69) is 22.6 Å². The third-order valence-electron chi connectivity index (χ3n) is 5.76. The van der Waals surface area contributed by atoms with Crippen LogP contribution in [0, 0.1) is 0 Å². The number of carboxylic acids is 1. The van der Waals surface area contributed by atoms with E-state index in [4.69, 9.17) is 14.4 Å². The van der Waals surface area contributed by atoms with Crippen molar-refractivity contribution in [1.29, 1.82) is 0 Å². The maximum atomic E-state index is 12.4. The number of nitrogens with one attached hydrogen (secondary N) is 1. The molecular formula is C25H25N3O6. The smallest absolute Gasteiger partial charge is 0.407 e. The largest absolute Gasteiger partial charge is 0.481 e. The number of carbonyl (C=O) groups excluding carboxylic acids is 2. The van der Waals surface area contributed by atoms with Gasteiger partial charge in [-0.05, 0) is 28.7 Å². The van der Waals surface area contributed by atoms with Crippen molar-refractivity contribution >= 4 is 18.0 Å². The summed E-state index contributed by atoms with van der Waals surface area (Å²) in [5.74, 6) is -1.04. The van der Waals surface area contributed by atoms with Crippen LogP contribution in [0.3, 0.4) is 0 Å². The molecule has 2 aromatic carbocycles. The Kier molecular flexibility index (Phi) is 6.91. The number of carbonyl (C=O) groups is 3. The third kappa shape index (κ3) is 5.09. The number of hydrogen-bond acceptors (Lipinski definition) is 6. The molecule has 0 radical (unpaired) electrons. The molecule has 0 saturated carbocycles. The number of benzene rings is 2. The van der Waals surface area contributed by atoms with Crippen molar-refractivity contribution in [2.45, 2.75) is 25.3 Å². The van der Waals surface area contributed by atoms with Crippen LogP contribution in [0.4, 0.5) is 4.79 Å². The van der Waals surface area contributed by atoms with E-state index in [9.17, 15) is 14.4 Å². The van der Waals surface area contributed by atoms with Crippen LogP contribution in [-0.4, -0.2) is 53.3 Å². The Morgan fingerprint density at radius 3 is 2.38 bits per heavy atom.